The highest BCUT2D eigenvalue weighted by molar-refractivity contribution is 5.99. The number of carbonyl (C=O) groups excluding carboxylic acids is 1. The van der Waals surface area contributed by atoms with Crippen LogP contribution in [0.15, 0.2) is 78.1 Å². The number of hydrogen-bond donors (Lipinski definition) is 2. The monoisotopic (exact) mass is 568 g/mol. The second-order valence-electron chi connectivity index (χ2n) is 10.1. The minimum atomic E-state index is -4.79. The zero-order chi connectivity index (χ0) is 30.5. The maximum atomic E-state index is 13.4. The SMILES string of the molecule is C=C(/C(=C\C(=C/C)Cn1c(C)c(C)c2cc(C(=O)NCc3cccc(C(C)C)c3)ccc21)OCC(=O)O)C(F)(F)F. The number of nitrogens with one attached hydrogen (secondary N) is 1. The number of halogens is 3. The van der Waals surface area contributed by atoms with E-state index in [0.29, 0.717) is 23.6 Å². The number of carboxylic acids is 1. The van der Waals surface area contributed by atoms with Gasteiger partial charge in [-0.05, 0) is 73.2 Å². The molecule has 41 heavy (non-hydrogen) atoms. The highest BCUT2D eigenvalue weighted by Gasteiger charge is 2.35. The van der Waals surface area contributed by atoms with Gasteiger partial charge >= 0.3 is 12.1 Å². The standard InChI is InChI=1S/C32H35F3N2O4/c1-7-23(14-29(41-18-30(38)39)21(5)32(33,34)35)17-37-22(6)20(4)27-15-26(11-12-28(27)37)31(40)36-16-24-9-8-10-25(13-24)19(2)3/h7-15,19H,5,16-18H2,1-4,6H3,(H,36,40)(H,38,39)/b23-7+,29-14+. The van der Waals surface area contributed by atoms with Crippen LogP contribution >= 0.6 is 0 Å². The first-order valence-electron chi connectivity index (χ1n) is 13.2. The molecular formula is C32H35F3N2O4. The van der Waals surface area contributed by atoms with Gasteiger partial charge in [0.15, 0.2) is 6.61 Å². The molecule has 0 fully saturated rings. The quantitative estimate of drug-likeness (QED) is 0.187. The number of rotatable bonds is 11. The molecule has 1 heterocycles. The van der Waals surface area contributed by atoms with Crippen LogP contribution in [0.2, 0.25) is 0 Å². The number of aromatic nitrogens is 1. The van der Waals surface area contributed by atoms with Crippen molar-refractivity contribution in [1.29, 1.82) is 0 Å². The molecule has 0 atom stereocenters. The molecule has 2 N–H and O–H groups in total. The van der Waals surface area contributed by atoms with Crippen LogP contribution in [0.1, 0.15) is 59.4 Å². The Bertz CT molecular complexity index is 1530. The summed E-state index contributed by atoms with van der Waals surface area (Å²) in [7, 11) is 0. The maximum absolute atomic E-state index is 13.4. The Hall–Kier alpha value is -4.27. The average molecular weight is 569 g/mol. The van der Waals surface area contributed by atoms with E-state index in [-0.39, 0.29) is 12.5 Å². The van der Waals surface area contributed by atoms with Gasteiger partial charge in [-0.2, -0.15) is 13.2 Å². The fourth-order valence-corrected chi connectivity index (χ4v) is 4.41. The number of alkyl halides is 3. The largest absolute Gasteiger partial charge is 0.481 e. The second kappa shape index (κ2) is 12.9. The lowest BCUT2D eigenvalue weighted by Crippen LogP contribution is -2.22. The number of ether oxygens (including phenoxy) is 1. The minimum Gasteiger partial charge on any atom is -0.481 e. The van der Waals surface area contributed by atoms with Crippen molar-refractivity contribution in [2.75, 3.05) is 6.61 Å². The van der Waals surface area contributed by atoms with Crippen molar-refractivity contribution in [1.82, 2.24) is 9.88 Å². The zero-order valence-corrected chi connectivity index (χ0v) is 23.9. The number of carbonyl (C=O) groups is 2. The van der Waals surface area contributed by atoms with E-state index in [1.807, 2.05) is 42.7 Å². The Morgan fingerprint density at radius 2 is 1.85 bits per heavy atom. The molecule has 6 nitrogen and oxygen atoms in total. The number of carboxylic acid groups (broad SMARTS) is 1. The van der Waals surface area contributed by atoms with Crippen LogP contribution in [0.3, 0.4) is 0 Å². The van der Waals surface area contributed by atoms with Crippen LogP contribution in [-0.4, -0.2) is 34.3 Å². The fourth-order valence-electron chi connectivity index (χ4n) is 4.41. The molecule has 9 heteroatoms. The first-order valence-corrected chi connectivity index (χ1v) is 13.2. The molecule has 0 aliphatic rings. The number of aliphatic carboxylic acids is 1. The van der Waals surface area contributed by atoms with E-state index < -0.39 is 30.1 Å². The summed E-state index contributed by atoms with van der Waals surface area (Å²) in [5.74, 6) is -1.89. The Morgan fingerprint density at radius 1 is 1.15 bits per heavy atom. The van der Waals surface area contributed by atoms with Crippen molar-refractivity contribution in [3.05, 3.63) is 106 Å². The summed E-state index contributed by atoms with van der Waals surface area (Å²) in [4.78, 5) is 23.9. The van der Waals surface area contributed by atoms with Crippen molar-refractivity contribution >= 4 is 22.8 Å². The van der Waals surface area contributed by atoms with Gasteiger partial charge in [0.25, 0.3) is 5.91 Å². The van der Waals surface area contributed by atoms with Crippen LogP contribution in [0.5, 0.6) is 0 Å². The molecule has 218 valence electrons. The van der Waals surface area contributed by atoms with Crippen molar-refractivity contribution in [3.63, 3.8) is 0 Å². The molecule has 1 amide bonds. The number of nitrogens with zero attached hydrogens (tertiary/aromatic N) is 1. The first kappa shape index (κ1) is 31.3. The predicted molar refractivity (Wildman–Crippen MR) is 154 cm³/mol. The molecule has 0 saturated heterocycles. The highest BCUT2D eigenvalue weighted by Crippen LogP contribution is 2.32. The Kier molecular flexibility index (Phi) is 9.86. The molecule has 0 radical (unpaired) electrons. The third-order valence-corrected chi connectivity index (χ3v) is 6.99. The number of benzene rings is 2. The summed E-state index contributed by atoms with van der Waals surface area (Å²) in [6.07, 6.45) is -2.00. The summed E-state index contributed by atoms with van der Waals surface area (Å²) >= 11 is 0. The summed E-state index contributed by atoms with van der Waals surface area (Å²) < 4.78 is 47.0. The summed E-state index contributed by atoms with van der Waals surface area (Å²) in [5.41, 5.74) is 4.50. The maximum Gasteiger partial charge on any atom is 0.419 e. The van der Waals surface area contributed by atoms with Gasteiger partial charge < -0.3 is 19.7 Å². The van der Waals surface area contributed by atoms with Gasteiger partial charge in [0, 0.05) is 35.2 Å². The third kappa shape index (κ3) is 7.68. The molecule has 0 unspecified atom stereocenters. The van der Waals surface area contributed by atoms with Crippen LogP contribution < -0.4 is 5.32 Å². The highest BCUT2D eigenvalue weighted by atomic mass is 19.4. The normalized spacial score (nSPS) is 12.6. The summed E-state index contributed by atoms with van der Waals surface area (Å²) in [5, 5.41) is 12.7. The number of fused-ring (bicyclic) bond motifs is 1. The van der Waals surface area contributed by atoms with Crippen LogP contribution in [0.4, 0.5) is 13.2 Å². The van der Waals surface area contributed by atoms with E-state index in [4.69, 9.17) is 9.84 Å². The van der Waals surface area contributed by atoms with E-state index in [9.17, 15) is 22.8 Å². The fraction of sp³-hybridized carbons (Fsp3) is 0.312. The Balaban J connectivity index is 1.87. The molecule has 3 rings (SSSR count). The molecular weight excluding hydrogens is 533 g/mol. The van der Waals surface area contributed by atoms with Gasteiger partial charge in [-0.15, -0.1) is 0 Å². The van der Waals surface area contributed by atoms with Crippen molar-refractivity contribution in [3.8, 4) is 0 Å². The van der Waals surface area contributed by atoms with Crippen LogP contribution in [0.25, 0.3) is 10.9 Å². The molecule has 2 aromatic carbocycles. The van der Waals surface area contributed by atoms with Crippen molar-refractivity contribution in [2.45, 2.75) is 59.8 Å². The Morgan fingerprint density at radius 3 is 2.46 bits per heavy atom. The second-order valence-corrected chi connectivity index (χ2v) is 10.1. The van der Waals surface area contributed by atoms with Crippen molar-refractivity contribution < 1.29 is 32.6 Å². The van der Waals surface area contributed by atoms with E-state index in [2.05, 4.69) is 37.9 Å². The van der Waals surface area contributed by atoms with Crippen LogP contribution in [-0.2, 0) is 22.6 Å². The van der Waals surface area contributed by atoms with Crippen molar-refractivity contribution in [2.24, 2.45) is 0 Å². The molecule has 0 aliphatic heterocycles. The molecule has 0 spiro atoms. The number of allylic oxidation sites excluding steroid dienone is 4. The molecule has 3 aromatic rings. The van der Waals surface area contributed by atoms with Crippen LogP contribution in [0, 0.1) is 13.8 Å². The van der Waals surface area contributed by atoms with E-state index >= 15 is 0 Å². The average Bonchev–Trinajstić information content (AvgIpc) is 3.16. The Labute approximate surface area is 237 Å². The number of hydrogen-bond acceptors (Lipinski definition) is 3. The third-order valence-electron chi connectivity index (χ3n) is 6.99. The smallest absolute Gasteiger partial charge is 0.419 e. The lowest BCUT2D eigenvalue weighted by molar-refractivity contribution is -0.141. The van der Waals surface area contributed by atoms with Gasteiger partial charge in [-0.3, -0.25) is 4.79 Å². The summed E-state index contributed by atoms with van der Waals surface area (Å²) in [6.45, 7) is 12.4. The molecule has 0 saturated carbocycles. The minimum absolute atomic E-state index is 0.190. The summed E-state index contributed by atoms with van der Waals surface area (Å²) in [6, 6.07) is 13.4. The molecule has 0 bridgehead atoms. The van der Waals surface area contributed by atoms with Gasteiger partial charge in [0.2, 0.25) is 0 Å². The zero-order valence-electron chi connectivity index (χ0n) is 23.9. The first-order chi connectivity index (χ1) is 19.2. The van der Waals surface area contributed by atoms with Gasteiger partial charge in [-0.25, -0.2) is 4.79 Å². The molecule has 0 aliphatic carbocycles. The topological polar surface area (TPSA) is 80.6 Å². The van der Waals surface area contributed by atoms with E-state index in [0.717, 1.165) is 33.8 Å². The van der Waals surface area contributed by atoms with Gasteiger partial charge in [0.05, 0.1) is 5.57 Å². The van der Waals surface area contributed by atoms with E-state index in [1.54, 1.807) is 19.1 Å². The lowest BCUT2D eigenvalue weighted by Gasteiger charge is -2.16. The molecule has 1 aromatic heterocycles. The predicted octanol–water partition coefficient (Wildman–Crippen LogP) is 7.36. The van der Waals surface area contributed by atoms with E-state index in [1.165, 1.54) is 5.56 Å². The lowest BCUT2D eigenvalue weighted by atomic mass is 10.0. The van der Waals surface area contributed by atoms with Gasteiger partial charge in [-0.1, -0.05) is 50.8 Å². The number of amides is 1. The van der Waals surface area contributed by atoms with Gasteiger partial charge in [0.1, 0.15) is 5.76 Å². The number of aryl methyl sites for hydroxylation is 1.